The number of rotatable bonds is 5. The molecule has 112 valence electrons. The van der Waals surface area contributed by atoms with Crippen molar-refractivity contribution in [1.82, 2.24) is 5.32 Å². The van der Waals surface area contributed by atoms with Crippen LogP contribution in [0.1, 0.15) is 36.1 Å². The van der Waals surface area contributed by atoms with Crippen molar-refractivity contribution in [1.29, 1.82) is 0 Å². The smallest absolute Gasteiger partial charge is 0.141 e. The molecule has 1 atom stereocenters. The van der Waals surface area contributed by atoms with E-state index in [1.54, 1.807) is 12.1 Å². The van der Waals surface area contributed by atoms with Crippen LogP contribution < -0.4 is 5.32 Å². The largest absolute Gasteiger partial charge is 0.306 e. The first-order valence-corrected chi connectivity index (χ1v) is 7.73. The van der Waals surface area contributed by atoms with Crippen LogP contribution in [0.3, 0.4) is 0 Å². The molecule has 0 radical (unpaired) electrons. The fourth-order valence-electron chi connectivity index (χ4n) is 2.20. The highest BCUT2D eigenvalue weighted by atomic mass is 35.5. The number of nitrogens with one attached hydrogen (secondary N) is 1. The van der Waals surface area contributed by atoms with Crippen LogP contribution in [-0.4, -0.2) is 6.54 Å². The van der Waals surface area contributed by atoms with E-state index in [4.69, 9.17) is 23.2 Å². The Balaban J connectivity index is 2.41. The van der Waals surface area contributed by atoms with Gasteiger partial charge in [0.2, 0.25) is 0 Å². The Hall–Kier alpha value is -1.09. The predicted molar refractivity (Wildman–Crippen MR) is 87.7 cm³/mol. The van der Waals surface area contributed by atoms with Gasteiger partial charge in [0.15, 0.2) is 0 Å². The second kappa shape index (κ2) is 7.26. The fourth-order valence-corrected chi connectivity index (χ4v) is 2.58. The molecule has 0 aliphatic rings. The number of aryl methyl sites for hydroxylation is 1. The van der Waals surface area contributed by atoms with Crippen LogP contribution in [0.5, 0.6) is 0 Å². The van der Waals surface area contributed by atoms with Crippen molar-refractivity contribution in [3.8, 4) is 0 Å². The van der Waals surface area contributed by atoms with E-state index < -0.39 is 5.82 Å². The minimum absolute atomic E-state index is 0.0545. The highest BCUT2D eigenvalue weighted by molar-refractivity contribution is 6.31. The third-order valence-corrected chi connectivity index (χ3v) is 4.10. The van der Waals surface area contributed by atoms with Crippen molar-refractivity contribution in [2.75, 3.05) is 6.54 Å². The van der Waals surface area contributed by atoms with Gasteiger partial charge in [0.25, 0.3) is 0 Å². The molecular weight excluding hydrogens is 308 g/mol. The van der Waals surface area contributed by atoms with Crippen LogP contribution in [-0.2, 0) is 0 Å². The Morgan fingerprint density at radius 1 is 1.05 bits per heavy atom. The molecule has 4 heteroatoms. The summed E-state index contributed by atoms with van der Waals surface area (Å²) in [5.41, 5.74) is 3.00. The maximum absolute atomic E-state index is 13.4. The van der Waals surface area contributed by atoms with Crippen LogP contribution in [0.2, 0.25) is 10.0 Å². The summed E-state index contributed by atoms with van der Waals surface area (Å²) >= 11 is 12.1. The van der Waals surface area contributed by atoms with E-state index in [-0.39, 0.29) is 11.1 Å². The third kappa shape index (κ3) is 3.97. The van der Waals surface area contributed by atoms with Gasteiger partial charge in [0.05, 0.1) is 11.1 Å². The highest BCUT2D eigenvalue weighted by Crippen LogP contribution is 2.28. The van der Waals surface area contributed by atoms with Crippen LogP contribution in [0, 0.1) is 12.7 Å². The summed E-state index contributed by atoms with van der Waals surface area (Å²) in [5, 5.41) is 4.31. The topological polar surface area (TPSA) is 12.0 Å². The first-order chi connectivity index (χ1) is 10.0. The molecule has 2 rings (SSSR count). The van der Waals surface area contributed by atoms with E-state index in [1.807, 2.05) is 25.1 Å². The molecule has 0 heterocycles. The van der Waals surface area contributed by atoms with Gasteiger partial charge in [0, 0.05) is 5.02 Å². The predicted octanol–water partition coefficient (Wildman–Crippen LogP) is 5.53. The molecule has 0 fully saturated rings. The minimum Gasteiger partial charge on any atom is -0.306 e. The molecule has 2 aromatic rings. The lowest BCUT2D eigenvalue weighted by Crippen LogP contribution is -2.23. The van der Waals surface area contributed by atoms with Crippen molar-refractivity contribution < 1.29 is 4.39 Å². The second-order valence-electron chi connectivity index (χ2n) is 5.07. The van der Waals surface area contributed by atoms with Crippen molar-refractivity contribution in [3.05, 3.63) is 69.0 Å². The molecule has 0 amide bonds. The lowest BCUT2D eigenvalue weighted by Gasteiger charge is -2.20. The Kier molecular flexibility index (Phi) is 5.63. The molecule has 21 heavy (non-hydrogen) atoms. The Morgan fingerprint density at radius 2 is 1.67 bits per heavy atom. The summed E-state index contributed by atoms with van der Waals surface area (Å²) in [4.78, 5) is 0. The molecule has 0 spiro atoms. The lowest BCUT2D eigenvalue weighted by atomic mass is 9.97. The zero-order valence-corrected chi connectivity index (χ0v) is 13.6. The molecule has 0 saturated heterocycles. The Labute approximate surface area is 135 Å². The van der Waals surface area contributed by atoms with E-state index in [1.165, 1.54) is 6.07 Å². The Morgan fingerprint density at radius 3 is 2.24 bits per heavy atom. The highest BCUT2D eigenvalue weighted by Gasteiger charge is 2.15. The standard InChI is InChI=1S/C17H18Cl2FN/c1-3-8-21-17(12-5-4-11(2)14(18)9-12)13-6-7-16(20)15(19)10-13/h4-7,9-10,17,21H,3,8H2,1-2H3. The molecule has 1 nitrogen and oxygen atoms in total. The van der Waals surface area contributed by atoms with Crippen LogP contribution in [0.25, 0.3) is 0 Å². The summed E-state index contributed by atoms with van der Waals surface area (Å²) in [6, 6.07) is 10.7. The maximum atomic E-state index is 13.4. The van der Waals surface area contributed by atoms with E-state index in [0.29, 0.717) is 0 Å². The van der Waals surface area contributed by atoms with E-state index in [2.05, 4.69) is 12.2 Å². The van der Waals surface area contributed by atoms with Gasteiger partial charge in [-0.1, -0.05) is 48.3 Å². The maximum Gasteiger partial charge on any atom is 0.141 e. The summed E-state index contributed by atoms with van der Waals surface area (Å²) in [6.07, 6.45) is 1.00. The van der Waals surface area contributed by atoms with Gasteiger partial charge in [-0.3, -0.25) is 0 Å². The van der Waals surface area contributed by atoms with Crippen LogP contribution in [0.4, 0.5) is 4.39 Å². The van der Waals surface area contributed by atoms with Gasteiger partial charge in [0.1, 0.15) is 5.82 Å². The number of hydrogen-bond acceptors (Lipinski definition) is 1. The lowest BCUT2D eigenvalue weighted by molar-refractivity contribution is 0.593. The summed E-state index contributed by atoms with van der Waals surface area (Å²) in [6.45, 7) is 4.92. The fraction of sp³-hybridized carbons (Fsp3) is 0.294. The number of benzene rings is 2. The molecule has 1 N–H and O–H groups in total. The summed E-state index contributed by atoms with van der Waals surface area (Å²) in [7, 11) is 0. The molecule has 0 aliphatic heterocycles. The molecule has 0 bridgehead atoms. The van der Waals surface area contributed by atoms with Gasteiger partial charge >= 0.3 is 0 Å². The van der Waals surface area contributed by atoms with Gasteiger partial charge in [-0.2, -0.15) is 0 Å². The zero-order chi connectivity index (χ0) is 15.4. The van der Waals surface area contributed by atoms with Crippen molar-refractivity contribution in [3.63, 3.8) is 0 Å². The van der Waals surface area contributed by atoms with Crippen molar-refractivity contribution in [2.45, 2.75) is 26.3 Å². The van der Waals surface area contributed by atoms with Gasteiger partial charge in [-0.15, -0.1) is 0 Å². The van der Waals surface area contributed by atoms with Crippen molar-refractivity contribution >= 4 is 23.2 Å². The third-order valence-electron chi connectivity index (χ3n) is 3.40. The molecular formula is C17H18Cl2FN. The first kappa shape index (κ1) is 16.3. The number of hydrogen-bond donors (Lipinski definition) is 1. The number of halogens is 3. The minimum atomic E-state index is -0.406. The SMILES string of the molecule is CCCNC(c1ccc(C)c(Cl)c1)c1ccc(F)c(Cl)c1. The van der Waals surface area contributed by atoms with E-state index >= 15 is 0 Å². The average molecular weight is 326 g/mol. The molecule has 1 unspecified atom stereocenters. The quantitative estimate of drug-likeness (QED) is 0.762. The van der Waals surface area contributed by atoms with E-state index in [9.17, 15) is 4.39 Å². The Bertz CT molecular complexity index is 577. The van der Waals surface area contributed by atoms with Crippen molar-refractivity contribution in [2.24, 2.45) is 0 Å². The summed E-state index contributed by atoms with van der Waals surface area (Å²) < 4.78 is 13.4. The van der Waals surface area contributed by atoms with Crippen LogP contribution in [0.15, 0.2) is 36.4 Å². The summed E-state index contributed by atoms with van der Waals surface area (Å²) in [5.74, 6) is -0.406. The zero-order valence-electron chi connectivity index (χ0n) is 12.1. The molecule has 0 aliphatic carbocycles. The second-order valence-corrected chi connectivity index (χ2v) is 5.88. The first-order valence-electron chi connectivity index (χ1n) is 6.97. The molecule has 0 aromatic heterocycles. The van der Waals surface area contributed by atoms with Gasteiger partial charge < -0.3 is 5.32 Å². The monoisotopic (exact) mass is 325 g/mol. The molecule has 2 aromatic carbocycles. The van der Waals surface area contributed by atoms with Gasteiger partial charge in [-0.05, 0) is 54.8 Å². The van der Waals surface area contributed by atoms with E-state index in [0.717, 1.165) is 34.7 Å². The molecule has 0 saturated carbocycles. The average Bonchev–Trinajstić information content (AvgIpc) is 2.46. The normalized spacial score (nSPS) is 12.4. The van der Waals surface area contributed by atoms with Crippen LogP contribution >= 0.6 is 23.2 Å². The van der Waals surface area contributed by atoms with Gasteiger partial charge in [-0.25, -0.2) is 4.39 Å².